The number of nitrogens with zero attached hydrogens (tertiary/aromatic N) is 2. The summed E-state index contributed by atoms with van der Waals surface area (Å²) in [6.07, 6.45) is 0. The van der Waals surface area contributed by atoms with Crippen LogP contribution in [0.2, 0.25) is 0 Å². The summed E-state index contributed by atoms with van der Waals surface area (Å²) < 4.78 is 5.34. The van der Waals surface area contributed by atoms with Crippen LogP contribution >= 0.6 is 0 Å². The molecular weight excluding hydrogens is 276 g/mol. The molecule has 1 fully saturated rings. The second-order valence-corrected chi connectivity index (χ2v) is 5.31. The van der Waals surface area contributed by atoms with Gasteiger partial charge in [0.25, 0.3) is 0 Å². The van der Waals surface area contributed by atoms with E-state index in [0.29, 0.717) is 18.8 Å². The van der Waals surface area contributed by atoms with Crippen LogP contribution in [0.3, 0.4) is 0 Å². The lowest BCUT2D eigenvalue weighted by molar-refractivity contribution is -0.157. The third-order valence-corrected chi connectivity index (χ3v) is 3.51. The summed E-state index contributed by atoms with van der Waals surface area (Å²) >= 11 is 0. The number of piperazine rings is 1. The molecule has 1 aliphatic heterocycles. The van der Waals surface area contributed by atoms with Crippen molar-refractivity contribution in [2.24, 2.45) is 0 Å². The van der Waals surface area contributed by atoms with Crippen LogP contribution in [-0.2, 0) is 16.1 Å². The Labute approximate surface area is 122 Å². The Morgan fingerprint density at radius 3 is 2.52 bits per heavy atom. The number of rotatable bonds is 4. The lowest BCUT2D eigenvalue weighted by atomic mass is 10.2. The average Bonchev–Trinajstić information content (AvgIpc) is 2.76. The van der Waals surface area contributed by atoms with Gasteiger partial charge in [-0.15, -0.1) is 0 Å². The first kappa shape index (κ1) is 15.1. The van der Waals surface area contributed by atoms with E-state index in [2.05, 4.69) is 0 Å². The molecule has 0 atom stereocenters. The molecule has 0 radical (unpaired) electrons. The monoisotopic (exact) mass is 294 g/mol. The summed E-state index contributed by atoms with van der Waals surface area (Å²) in [5.41, 5.74) is 0.0737. The highest BCUT2D eigenvalue weighted by Crippen LogP contribution is 2.18. The average molecular weight is 294 g/mol. The van der Waals surface area contributed by atoms with Gasteiger partial charge in [0.2, 0.25) is 0 Å². The fourth-order valence-electron chi connectivity index (χ4n) is 2.36. The van der Waals surface area contributed by atoms with Crippen molar-refractivity contribution < 1.29 is 23.9 Å². The van der Waals surface area contributed by atoms with Gasteiger partial charge in [0.15, 0.2) is 0 Å². The molecule has 0 aromatic carbocycles. The van der Waals surface area contributed by atoms with Gasteiger partial charge >= 0.3 is 17.8 Å². The minimum atomic E-state index is -1.07. The zero-order chi connectivity index (χ0) is 15.7. The lowest BCUT2D eigenvalue weighted by Gasteiger charge is -2.35. The predicted molar refractivity (Wildman–Crippen MR) is 72.7 cm³/mol. The summed E-state index contributed by atoms with van der Waals surface area (Å²) in [6.45, 7) is 6.24. The maximum Gasteiger partial charge on any atom is 0.339 e. The summed E-state index contributed by atoms with van der Waals surface area (Å²) in [5, 5.41) is 8.97. The fourth-order valence-corrected chi connectivity index (χ4v) is 2.36. The number of aryl methyl sites for hydroxylation is 1. The summed E-state index contributed by atoms with van der Waals surface area (Å²) in [4.78, 5) is 37.9. The molecule has 7 heteroatoms. The van der Waals surface area contributed by atoms with Crippen LogP contribution in [0.15, 0.2) is 10.5 Å². The van der Waals surface area contributed by atoms with E-state index in [0.717, 1.165) is 0 Å². The number of carboxylic acids is 1. The third kappa shape index (κ3) is 2.91. The molecule has 1 aromatic heterocycles. The van der Waals surface area contributed by atoms with Crippen molar-refractivity contribution in [3.05, 3.63) is 23.2 Å². The minimum Gasteiger partial charge on any atom is -0.478 e. The molecule has 7 nitrogen and oxygen atoms in total. The van der Waals surface area contributed by atoms with E-state index in [-0.39, 0.29) is 23.9 Å². The van der Waals surface area contributed by atoms with E-state index in [4.69, 9.17) is 9.52 Å². The Hall–Kier alpha value is -2.31. The van der Waals surface area contributed by atoms with Crippen LogP contribution in [0.25, 0.3) is 0 Å². The van der Waals surface area contributed by atoms with Gasteiger partial charge in [-0.3, -0.25) is 9.59 Å². The molecule has 1 aliphatic rings. The molecule has 2 heterocycles. The van der Waals surface area contributed by atoms with Gasteiger partial charge < -0.3 is 19.3 Å². The highest BCUT2D eigenvalue weighted by Gasteiger charge is 2.34. The van der Waals surface area contributed by atoms with Crippen LogP contribution in [-0.4, -0.2) is 51.8 Å². The van der Waals surface area contributed by atoms with Crippen LogP contribution in [0.5, 0.6) is 0 Å². The van der Waals surface area contributed by atoms with Crippen molar-refractivity contribution in [3.8, 4) is 0 Å². The Bertz CT molecular complexity index is 590. The van der Waals surface area contributed by atoms with Crippen LogP contribution < -0.4 is 0 Å². The van der Waals surface area contributed by atoms with Gasteiger partial charge in [0.1, 0.15) is 17.1 Å². The Morgan fingerprint density at radius 2 is 2.00 bits per heavy atom. The largest absolute Gasteiger partial charge is 0.478 e. The van der Waals surface area contributed by atoms with Gasteiger partial charge in [0, 0.05) is 19.1 Å². The van der Waals surface area contributed by atoms with Crippen molar-refractivity contribution in [1.82, 2.24) is 9.80 Å². The number of hydrogen-bond acceptors (Lipinski definition) is 4. The quantitative estimate of drug-likeness (QED) is 0.832. The van der Waals surface area contributed by atoms with E-state index in [1.807, 2.05) is 13.8 Å². The normalized spacial score (nSPS) is 16.0. The van der Waals surface area contributed by atoms with Gasteiger partial charge in [-0.25, -0.2) is 4.79 Å². The highest BCUT2D eigenvalue weighted by molar-refractivity contribution is 6.35. The second kappa shape index (κ2) is 5.59. The third-order valence-electron chi connectivity index (χ3n) is 3.51. The van der Waals surface area contributed by atoms with Crippen molar-refractivity contribution in [1.29, 1.82) is 0 Å². The van der Waals surface area contributed by atoms with Crippen molar-refractivity contribution >= 4 is 17.8 Å². The van der Waals surface area contributed by atoms with E-state index in [1.54, 1.807) is 6.92 Å². The molecule has 0 spiro atoms. The molecule has 1 aromatic rings. The molecule has 2 rings (SSSR count). The van der Waals surface area contributed by atoms with Gasteiger partial charge in [0.05, 0.1) is 6.54 Å². The number of aromatic carboxylic acids is 1. The van der Waals surface area contributed by atoms with Gasteiger partial charge in [-0.05, 0) is 26.8 Å². The zero-order valence-electron chi connectivity index (χ0n) is 12.3. The molecule has 0 saturated carbocycles. The first-order chi connectivity index (χ1) is 9.81. The van der Waals surface area contributed by atoms with Gasteiger partial charge in [-0.2, -0.15) is 0 Å². The van der Waals surface area contributed by atoms with E-state index < -0.39 is 17.8 Å². The first-order valence-corrected chi connectivity index (χ1v) is 6.73. The molecule has 1 saturated heterocycles. The SMILES string of the molecule is Cc1oc(CN2CCN(C(C)C)C(=O)C2=O)cc1C(=O)O. The standard InChI is InChI=1S/C14H18N2O5/c1-8(2)16-5-4-15(12(17)13(16)18)7-10-6-11(14(19)20)9(3)21-10/h6,8H,4-5,7H2,1-3H3,(H,19,20). The predicted octanol–water partition coefficient (Wildman–Crippen LogP) is 0.865. The number of carbonyl (C=O) groups is 3. The zero-order valence-corrected chi connectivity index (χ0v) is 12.3. The van der Waals surface area contributed by atoms with Crippen LogP contribution in [0.4, 0.5) is 0 Å². The Kier molecular flexibility index (Phi) is 4.02. The smallest absolute Gasteiger partial charge is 0.339 e. The summed E-state index contributed by atoms with van der Waals surface area (Å²) in [7, 11) is 0. The van der Waals surface area contributed by atoms with Gasteiger partial charge in [-0.1, -0.05) is 0 Å². The maximum atomic E-state index is 12.0. The van der Waals surface area contributed by atoms with E-state index >= 15 is 0 Å². The van der Waals surface area contributed by atoms with Crippen LogP contribution in [0, 0.1) is 6.92 Å². The molecule has 114 valence electrons. The van der Waals surface area contributed by atoms with Crippen LogP contribution in [0.1, 0.15) is 35.7 Å². The number of amides is 2. The minimum absolute atomic E-state index is 0.0203. The summed E-state index contributed by atoms with van der Waals surface area (Å²) in [6, 6.07) is 1.37. The topological polar surface area (TPSA) is 91.1 Å². The second-order valence-electron chi connectivity index (χ2n) is 5.31. The first-order valence-electron chi connectivity index (χ1n) is 6.73. The lowest BCUT2D eigenvalue weighted by Crippen LogP contribution is -2.55. The Morgan fingerprint density at radius 1 is 1.33 bits per heavy atom. The molecule has 0 unspecified atom stereocenters. The molecule has 2 amide bonds. The molecule has 0 aliphatic carbocycles. The maximum absolute atomic E-state index is 12.0. The highest BCUT2D eigenvalue weighted by atomic mass is 16.4. The molecular formula is C14H18N2O5. The molecule has 1 N–H and O–H groups in total. The fraction of sp³-hybridized carbons (Fsp3) is 0.500. The number of carbonyl (C=O) groups excluding carboxylic acids is 2. The number of furan rings is 1. The van der Waals surface area contributed by atoms with Crippen molar-refractivity contribution in [2.75, 3.05) is 13.1 Å². The molecule has 0 bridgehead atoms. The van der Waals surface area contributed by atoms with Crippen molar-refractivity contribution in [3.63, 3.8) is 0 Å². The number of carboxylic acid groups (broad SMARTS) is 1. The van der Waals surface area contributed by atoms with E-state index in [1.165, 1.54) is 15.9 Å². The van der Waals surface area contributed by atoms with E-state index in [9.17, 15) is 14.4 Å². The summed E-state index contributed by atoms with van der Waals surface area (Å²) in [5.74, 6) is -1.53. The van der Waals surface area contributed by atoms with Crippen molar-refractivity contribution in [2.45, 2.75) is 33.4 Å². The Balaban J connectivity index is 2.11. The molecule has 21 heavy (non-hydrogen) atoms. The number of hydrogen-bond donors (Lipinski definition) is 1.